The van der Waals surface area contributed by atoms with Gasteiger partial charge in [-0.2, -0.15) is 0 Å². The molecule has 0 aliphatic rings. The fourth-order valence-electron chi connectivity index (χ4n) is 2.19. The standard InChI is InChI=1S/C16H11FO4S/c17-10-1-3-14-11(6-10)12(7-21-14)9-5-15(22-8-9)13(18)2-4-16(19)20/h1,3,5-8H,2,4H2,(H,19,20). The largest absolute Gasteiger partial charge is 0.481 e. The summed E-state index contributed by atoms with van der Waals surface area (Å²) in [5.41, 5.74) is 2.04. The van der Waals surface area contributed by atoms with E-state index in [1.165, 1.54) is 29.7 Å². The number of furan rings is 1. The number of thiophene rings is 1. The summed E-state index contributed by atoms with van der Waals surface area (Å²) < 4.78 is 18.8. The van der Waals surface area contributed by atoms with Gasteiger partial charge in [0.25, 0.3) is 0 Å². The second-order valence-electron chi connectivity index (χ2n) is 4.81. The minimum atomic E-state index is -0.999. The summed E-state index contributed by atoms with van der Waals surface area (Å²) in [6, 6.07) is 5.95. The van der Waals surface area contributed by atoms with Crippen LogP contribution in [0.1, 0.15) is 22.5 Å². The Labute approximate surface area is 128 Å². The number of benzene rings is 1. The highest BCUT2D eigenvalue weighted by molar-refractivity contribution is 7.12. The van der Waals surface area contributed by atoms with E-state index in [0.717, 1.165) is 5.56 Å². The third-order valence-corrected chi connectivity index (χ3v) is 4.26. The molecular weight excluding hydrogens is 307 g/mol. The molecule has 0 aliphatic heterocycles. The van der Waals surface area contributed by atoms with E-state index < -0.39 is 5.97 Å². The fourth-order valence-corrected chi connectivity index (χ4v) is 3.07. The average molecular weight is 318 g/mol. The van der Waals surface area contributed by atoms with Crippen molar-refractivity contribution in [3.63, 3.8) is 0 Å². The van der Waals surface area contributed by atoms with Crippen molar-refractivity contribution in [3.8, 4) is 11.1 Å². The zero-order valence-electron chi connectivity index (χ0n) is 11.3. The van der Waals surface area contributed by atoms with Crippen molar-refractivity contribution < 1.29 is 23.5 Å². The predicted molar refractivity (Wildman–Crippen MR) is 80.7 cm³/mol. The van der Waals surface area contributed by atoms with E-state index in [1.807, 2.05) is 0 Å². The monoisotopic (exact) mass is 318 g/mol. The second kappa shape index (κ2) is 5.73. The number of fused-ring (bicyclic) bond motifs is 1. The summed E-state index contributed by atoms with van der Waals surface area (Å²) in [4.78, 5) is 22.9. The number of ketones is 1. The van der Waals surface area contributed by atoms with Crippen LogP contribution in [0.5, 0.6) is 0 Å². The van der Waals surface area contributed by atoms with Crippen molar-refractivity contribution in [2.24, 2.45) is 0 Å². The van der Waals surface area contributed by atoms with E-state index >= 15 is 0 Å². The van der Waals surface area contributed by atoms with Crippen LogP contribution in [0.4, 0.5) is 4.39 Å². The first-order valence-corrected chi connectivity index (χ1v) is 7.43. The Kier molecular flexibility index (Phi) is 3.77. The van der Waals surface area contributed by atoms with E-state index in [0.29, 0.717) is 21.4 Å². The van der Waals surface area contributed by atoms with Crippen LogP contribution in [0.25, 0.3) is 22.1 Å². The molecule has 0 bridgehead atoms. The molecule has 0 spiro atoms. The lowest BCUT2D eigenvalue weighted by Gasteiger charge is -1.95. The first kappa shape index (κ1) is 14.5. The zero-order chi connectivity index (χ0) is 15.7. The number of Topliss-reactive ketones (excluding diaryl/α,β-unsaturated/α-hetero) is 1. The molecular formula is C16H11FO4S. The van der Waals surface area contributed by atoms with Crippen molar-refractivity contribution in [2.45, 2.75) is 12.8 Å². The van der Waals surface area contributed by atoms with Crippen molar-refractivity contribution in [3.05, 3.63) is 46.6 Å². The fraction of sp³-hybridized carbons (Fsp3) is 0.125. The zero-order valence-corrected chi connectivity index (χ0v) is 12.2. The number of rotatable bonds is 5. The average Bonchev–Trinajstić information content (AvgIpc) is 3.10. The van der Waals surface area contributed by atoms with Gasteiger partial charge in [-0.3, -0.25) is 9.59 Å². The molecule has 112 valence electrons. The molecule has 0 radical (unpaired) electrons. The SMILES string of the molecule is O=C(O)CCC(=O)c1cc(-c2coc3ccc(F)cc23)cs1. The molecule has 1 aromatic carbocycles. The van der Waals surface area contributed by atoms with Crippen molar-refractivity contribution in [2.75, 3.05) is 0 Å². The van der Waals surface area contributed by atoms with E-state index in [9.17, 15) is 14.0 Å². The quantitative estimate of drug-likeness (QED) is 0.710. The number of aliphatic carboxylic acids is 1. The summed E-state index contributed by atoms with van der Waals surface area (Å²) >= 11 is 1.24. The van der Waals surface area contributed by atoms with Crippen molar-refractivity contribution >= 4 is 34.1 Å². The third-order valence-electron chi connectivity index (χ3n) is 3.29. The second-order valence-corrected chi connectivity index (χ2v) is 5.72. The number of hydrogen-bond acceptors (Lipinski definition) is 4. The van der Waals surface area contributed by atoms with E-state index in [2.05, 4.69) is 0 Å². The Morgan fingerprint density at radius 3 is 2.82 bits per heavy atom. The lowest BCUT2D eigenvalue weighted by Crippen LogP contribution is -2.01. The van der Waals surface area contributed by atoms with Crippen LogP contribution in [0.2, 0.25) is 0 Å². The molecule has 0 unspecified atom stereocenters. The molecule has 0 atom stereocenters. The molecule has 0 saturated carbocycles. The van der Waals surface area contributed by atoms with Gasteiger partial charge in [0.1, 0.15) is 11.4 Å². The maximum Gasteiger partial charge on any atom is 0.303 e. The van der Waals surface area contributed by atoms with Gasteiger partial charge in [-0.05, 0) is 35.2 Å². The molecule has 1 N–H and O–H groups in total. The normalized spacial score (nSPS) is 11.0. The van der Waals surface area contributed by atoms with Gasteiger partial charge < -0.3 is 9.52 Å². The molecule has 22 heavy (non-hydrogen) atoms. The number of carbonyl (C=O) groups excluding carboxylic acids is 1. The Hall–Kier alpha value is -2.47. The van der Waals surface area contributed by atoms with Gasteiger partial charge >= 0.3 is 5.97 Å². The van der Waals surface area contributed by atoms with E-state index in [-0.39, 0.29) is 24.4 Å². The molecule has 2 heterocycles. The van der Waals surface area contributed by atoms with Gasteiger partial charge in [0.05, 0.1) is 17.6 Å². The maximum absolute atomic E-state index is 13.4. The molecule has 3 aromatic rings. The summed E-state index contributed by atoms with van der Waals surface area (Å²) in [5.74, 6) is -1.57. The Bertz CT molecular complexity index is 862. The minimum Gasteiger partial charge on any atom is -0.481 e. The molecule has 0 aliphatic carbocycles. The Morgan fingerprint density at radius 2 is 2.05 bits per heavy atom. The lowest BCUT2D eigenvalue weighted by molar-refractivity contribution is -0.136. The highest BCUT2D eigenvalue weighted by atomic mass is 32.1. The third kappa shape index (κ3) is 2.78. The van der Waals surface area contributed by atoms with Gasteiger partial charge in [0.15, 0.2) is 5.78 Å². The Balaban J connectivity index is 1.91. The topological polar surface area (TPSA) is 67.5 Å². The first-order chi connectivity index (χ1) is 10.5. The van der Waals surface area contributed by atoms with Gasteiger partial charge in [0, 0.05) is 17.4 Å². The lowest BCUT2D eigenvalue weighted by atomic mass is 10.1. The van der Waals surface area contributed by atoms with Gasteiger partial charge in [-0.1, -0.05) is 0 Å². The van der Waals surface area contributed by atoms with E-state index in [1.54, 1.807) is 17.5 Å². The van der Waals surface area contributed by atoms with Crippen LogP contribution in [0, 0.1) is 5.82 Å². The predicted octanol–water partition coefficient (Wildman–Crippen LogP) is 4.35. The molecule has 6 heteroatoms. The van der Waals surface area contributed by atoms with Crippen LogP contribution in [-0.4, -0.2) is 16.9 Å². The maximum atomic E-state index is 13.4. The minimum absolute atomic E-state index is 0.0317. The van der Waals surface area contributed by atoms with E-state index in [4.69, 9.17) is 9.52 Å². The number of hydrogen-bond donors (Lipinski definition) is 1. The van der Waals surface area contributed by atoms with Crippen molar-refractivity contribution in [1.29, 1.82) is 0 Å². The summed E-state index contributed by atoms with van der Waals surface area (Å²) in [6.45, 7) is 0. The molecule has 0 amide bonds. The first-order valence-electron chi connectivity index (χ1n) is 6.55. The van der Waals surface area contributed by atoms with Gasteiger partial charge in [-0.15, -0.1) is 11.3 Å². The van der Waals surface area contributed by atoms with Crippen molar-refractivity contribution in [1.82, 2.24) is 0 Å². The molecule has 0 saturated heterocycles. The smallest absolute Gasteiger partial charge is 0.303 e. The highest BCUT2D eigenvalue weighted by Gasteiger charge is 2.15. The number of carboxylic acids is 1. The molecule has 3 rings (SSSR count). The summed E-state index contributed by atoms with van der Waals surface area (Å²) in [6.07, 6.45) is 1.31. The number of carboxylic acid groups (broad SMARTS) is 1. The molecule has 2 aromatic heterocycles. The van der Waals surface area contributed by atoms with Crippen LogP contribution < -0.4 is 0 Å². The molecule has 0 fully saturated rings. The van der Waals surface area contributed by atoms with Crippen LogP contribution in [0.15, 0.2) is 40.3 Å². The molecule has 4 nitrogen and oxygen atoms in total. The van der Waals surface area contributed by atoms with Gasteiger partial charge in [0.2, 0.25) is 0 Å². The number of halogens is 1. The van der Waals surface area contributed by atoms with Crippen LogP contribution in [-0.2, 0) is 4.79 Å². The van der Waals surface area contributed by atoms with Crippen LogP contribution >= 0.6 is 11.3 Å². The van der Waals surface area contributed by atoms with Gasteiger partial charge in [-0.25, -0.2) is 4.39 Å². The summed E-state index contributed by atoms with van der Waals surface area (Å²) in [5, 5.41) is 11.0. The Morgan fingerprint density at radius 1 is 1.23 bits per heavy atom. The highest BCUT2D eigenvalue weighted by Crippen LogP contribution is 2.34. The summed E-state index contributed by atoms with van der Waals surface area (Å²) in [7, 11) is 0. The van der Waals surface area contributed by atoms with Crippen LogP contribution in [0.3, 0.4) is 0 Å². The number of carbonyl (C=O) groups is 2.